The number of hydrogen-bond donors (Lipinski definition) is 1. The number of aromatic nitrogens is 2. The van der Waals surface area contributed by atoms with Gasteiger partial charge in [0.15, 0.2) is 0 Å². The number of halogens is 1. The van der Waals surface area contributed by atoms with Gasteiger partial charge in [0.05, 0.1) is 0 Å². The van der Waals surface area contributed by atoms with E-state index in [1.165, 1.54) is 11.3 Å². The van der Waals surface area contributed by atoms with Crippen molar-refractivity contribution in [2.24, 2.45) is 0 Å². The van der Waals surface area contributed by atoms with E-state index in [-0.39, 0.29) is 0 Å². The summed E-state index contributed by atoms with van der Waals surface area (Å²) in [5.41, 5.74) is 7.76. The molecule has 0 aromatic carbocycles. The van der Waals surface area contributed by atoms with E-state index >= 15 is 0 Å². The number of nitrogens with zero attached hydrogens (tertiary/aromatic N) is 2. The first-order valence-electron chi connectivity index (χ1n) is 4.00. The van der Waals surface area contributed by atoms with E-state index < -0.39 is 0 Å². The van der Waals surface area contributed by atoms with Crippen LogP contribution in [0.2, 0.25) is 0 Å². The number of hydrogen-bond acceptors (Lipinski definition) is 4. The first kappa shape index (κ1) is 9.85. The van der Waals surface area contributed by atoms with Gasteiger partial charge < -0.3 is 5.73 Å². The van der Waals surface area contributed by atoms with Crippen molar-refractivity contribution in [2.75, 3.05) is 5.73 Å². The van der Waals surface area contributed by atoms with Gasteiger partial charge in [-0.2, -0.15) is 0 Å². The summed E-state index contributed by atoms with van der Waals surface area (Å²) < 4.78 is 1.02. The number of nitrogens with two attached hydrogens (primary N) is 1. The minimum Gasteiger partial charge on any atom is -0.383 e. The second-order valence-corrected chi connectivity index (χ2v) is 4.79. The summed E-state index contributed by atoms with van der Waals surface area (Å²) in [5, 5.41) is 2.76. The summed E-state index contributed by atoms with van der Waals surface area (Å²) in [4.78, 5) is 8.48. The number of thiazole rings is 1. The zero-order valence-electron chi connectivity index (χ0n) is 7.49. The van der Waals surface area contributed by atoms with E-state index in [9.17, 15) is 0 Å². The Morgan fingerprint density at radius 2 is 2.29 bits per heavy atom. The molecule has 0 fully saturated rings. The lowest BCUT2D eigenvalue weighted by atomic mass is 10.2. The monoisotopic (exact) mass is 317 g/mol. The lowest BCUT2D eigenvalue weighted by molar-refractivity contribution is 1.21. The normalized spacial score (nSPS) is 10.4. The Labute approximate surface area is 99.5 Å². The third-order valence-corrected chi connectivity index (χ3v) is 3.82. The highest BCUT2D eigenvalue weighted by Crippen LogP contribution is 2.25. The molecule has 14 heavy (non-hydrogen) atoms. The summed E-state index contributed by atoms with van der Waals surface area (Å²) >= 11 is 3.75. The number of aryl methyl sites for hydroxylation is 1. The Kier molecular flexibility index (Phi) is 2.69. The van der Waals surface area contributed by atoms with Crippen LogP contribution in [0.25, 0.3) is 10.6 Å². The van der Waals surface area contributed by atoms with E-state index in [1.807, 2.05) is 18.5 Å². The number of rotatable bonds is 1. The molecule has 0 unspecified atom stereocenters. The van der Waals surface area contributed by atoms with Crippen LogP contribution in [0.4, 0.5) is 5.82 Å². The maximum atomic E-state index is 5.56. The number of pyridine rings is 1. The molecular weight excluding hydrogens is 309 g/mol. The lowest BCUT2D eigenvalue weighted by Gasteiger charge is -1.99. The van der Waals surface area contributed by atoms with Crippen LogP contribution < -0.4 is 5.73 Å². The Morgan fingerprint density at radius 3 is 2.86 bits per heavy atom. The summed E-state index contributed by atoms with van der Waals surface area (Å²) in [6, 6.07) is 2.08. The molecule has 3 nitrogen and oxygen atoms in total. The molecule has 2 aromatic heterocycles. The predicted octanol–water partition coefficient (Wildman–Crippen LogP) is 2.70. The van der Waals surface area contributed by atoms with Crippen molar-refractivity contribution in [3.8, 4) is 10.6 Å². The molecule has 0 aliphatic carbocycles. The van der Waals surface area contributed by atoms with E-state index in [0.29, 0.717) is 5.82 Å². The van der Waals surface area contributed by atoms with Gasteiger partial charge in [0.2, 0.25) is 0 Å². The molecule has 0 radical (unpaired) electrons. The van der Waals surface area contributed by atoms with Crippen LogP contribution in [0.3, 0.4) is 0 Å². The van der Waals surface area contributed by atoms with Gasteiger partial charge in [0, 0.05) is 17.1 Å². The summed E-state index contributed by atoms with van der Waals surface area (Å²) in [6.45, 7) is 2.04. The fraction of sp³-hybridized carbons (Fsp3) is 0.111. The second kappa shape index (κ2) is 3.82. The van der Waals surface area contributed by atoms with Crippen molar-refractivity contribution in [2.45, 2.75) is 6.92 Å². The molecule has 0 atom stereocenters. The van der Waals surface area contributed by atoms with Crippen molar-refractivity contribution in [1.82, 2.24) is 9.97 Å². The molecule has 2 aromatic rings. The van der Waals surface area contributed by atoms with Crippen molar-refractivity contribution < 1.29 is 0 Å². The van der Waals surface area contributed by atoms with Gasteiger partial charge in [0.25, 0.3) is 0 Å². The zero-order chi connectivity index (χ0) is 10.1. The highest BCUT2D eigenvalue weighted by Gasteiger charge is 2.04. The van der Waals surface area contributed by atoms with Gasteiger partial charge in [-0.3, -0.25) is 0 Å². The molecule has 0 saturated heterocycles. The van der Waals surface area contributed by atoms with Gasteiger partial charge in [-0.05, 0) is 41.1 Å². The highest BCUT2D eigenvalue weighted by atomic mass is 127. The second-order valence-electron chi connectivity index (χ2n) is 2.91. The van der Waals surface area contributed by atoms with Crippen LogP contribution in [-0.4, -0.2) is 9.97 Å². The van der Waals surface area contributed by atoms with Crippen molar-refractivity contribution in [1.29, 1.82) is 0 Å². The molecule has 5 heteroatoms. The number of anilines is 1. The first-order chi connectivity index (χ1) is 6.66. The largest absolute Gasteiger partial charge is 0.383 e. The fourth-order valence-corrected chi connectivity index (χ4v) is 2.08. The predicted molar refractivity (Wildman–Crippen MR) is 67.2 cm³/mol. The molecule has 2 N–H and O–H groups in total. The van der Waals surface area contributed by atoms with Crippen molar-refractivity contribution in [3.63, 3.8) is 0 Å². The molecule has 2 rings (SSSR count). The van der Waals surface area contributed by atoms with Gasteiger partial charge in [-0.25, -0.2) is 9.97 Å². The maximum absolute atomic E-state index is 5.56. The van der Waals surface area contributed by atoms with E-state index in [0.717, 1.165) is 19.8 Å². The van der Waals surface area contributed by atoms with Crippen molar-refractivity contribution in [3.05, 3.63) is 26.9 Å². The van der Waals surface area contributed by atoms with E-state index in [1.54, 1.807) is 0 Å². The van der Waals surface area contributed by atoms with Crippen LogP contribution in [0.5, 0.6) is 0 Å². The first-order valence-corrected chi connectivity index (χ1v) is 5.96. The lowest BCUT2D eigenvalue weighted by Crippen LogP contribution is -1.88. The molecule has 0 aliphatic heterocycles. The molecule has 0 saturated carbocycles. The standard InChI is InChI=1S/C9H8IN3S/c1-5-2-6(3-12-8(5)10)9-13-7(11)4-14-9/h2-4H,11H2,1H3. The maximum Gasteiger partial charge on any atom is 0.135 e. The third kappa shape index (κ3) is 1.88. The number of nitrogen functional groups attached to an aromatic ring is 1. The molecule has 72 valence electrons. The summed E-state index contributed by atoms with van der Waals surface area (Å²) in [6.07, 6.45) is 1.83. The average Bonchev–Trinajstić information content (AvgIpc) is 2.57. The molecule has 2 heterocycles. The summed E-state index contributed by atoms with van der Waals surface area (Å²) in [5.74, 6) is 0.571. The topological polar surface area (TPSA) is 51.8 Å². The van der Waals surface area contributed by atoms with Crippen LogP contribution in [-0.2, 0) is 0 Å². The van der Waals surface area contributed by atoms with Gasteiger partial charge >= 0.3 is 0 Å². The Hall–Kier alpha value is -0.690. The minimum absolute atomic E-state index is 0.571. The molecule has 0 amide bonds. The quantitative estimate of drug-likeness (QED) is 0.650. The van der Waals surface area contributed by atoms with Gasteiger partial charge in [-0.1, -0.05) is 0 Å². The zero-order valence-corrected chi connectivity index (χ0v) is 10.5. The Morgan fingerprint density at radius 1 is 1.50 bits per heavy atom. The SMILES string of the molecule is Cc1cc(-c2nc(N)cs2)cnc1I. The van der Waals surface area contributed by atoms with Crippen LogP contribution in [0, 0.1) is 10.6 Å². The Balaban J connectivity index is 2.47. The fourth-order valence-electron chi connectivity index (χ4n) is 1.09. The Bertz CT molecular complexity index is 467. The third-order valence-electron chi connectivity index (χ3n) is 1.78. The molecule has 0 spiro atoms. The van der Waals surface area contributed by atoms with Crippen LogP contribution >= 0.6 is 33.9 Å². The smallest absolute Gasteiger partial charge is 0.135 e. The van der Waals surface area contributed by atoms with Crippen molar-refractivity contribution >= 4 is 39.7 Å². The highest BCUT2D eigenvalue weighted by molar-refractivity contribution is 14.1. The van der Waals surface area contributed by atoms with Crippen LogP contribution in [0.1, 0.15) is 5.56 Å². The van der Waals surface area contributed by atoms with E-state index in [2.05, 4.69) is 38.6 Å². The summed E-state index contributed by atoms with van der Waals surface area (Å²) in [7, 11) is 0. The van der Waals surface area contributed by atoms with Crippen LogP contribution in [0.15, 0.2) is 17.6 Å². The van der Waals surface area contributed by atoms with Gasteiger partial charge in [-0.15, -0.1) is 11.3 Å². The molecular formula is C9H8IN3S. The molecule has 0 bridgehead atoms. The average molecular weight is 317 g/mol. The van der Waals surface area contributed by atoms with Gasteiger partial charge in [0.1, 0.15) is 14.5 Å². The van der Waals surface area contributed by atoms with E-state index in [4.69, 9.17) is 5.73 Å². The minimum atomic E-state index is 0.571. The molecule has 0 aliphatic rings.